The van der Waals surface area contributed by atoms with Gasteiger partial charge in [-0.1, -0.05) is 89.9 Å². The molecule has 34 heavy (non-hydrogen) atoms. The van der Waals surface area contributed by atoms with E-state index in [9.17, 15) is 9.59 Å². The Hall–Kier alpha value is -3.12. The Morgan fingerprint density at radius 2 is 1.53 bits per heavy atom. The van der Waals surface area contributed by atoms with Crippen molar-refractivity contribution >= 4 is 27.7 Å². The van der Waals surface area contributed by atoms with Crippen LogP contribution in [0.2, 0.25) is 0 Å². The van der Waals surface area contributed by atoms with E-state index in [2.05, 4.69) is 28.2 Å². The third-order valence-corrected chi connectivity index (χ3v) is 6.00. The van der Waals surface area contributed by atoms with E-state index in [-0.39, 0.29) is 18.4 Å². The van der Waals surface area contributed by atoms with Crippen molar-refractivity contribution in [1.82, 2.24) is 10.2 Å². The second-order valence-corrected chi connectivity index (χ2v) is 9.02. The minimum Gasteiger partial charge on any atom is -0.484 e. The lowest BCUT2D eigenvalue weighted by Gasteiger charge is -2.31. The van der Waals surface area contributed by atoms with Gasteiger partial charge in [-0.3, -0.25) is 9.59 Å². The second-order valence-electron chi connectivity index (χ2n) is 8.10. The third-order valence-electron chi connectivity index (χ3n) is 5.47. The number of rotatable bonds is 12. The van der Waals surface area contributed by atoms with Crippen molar-refractivity contribution in [3.63, 3.8) is 0 Å². The average molecular weight is 523 g/mol. The van der Waals surface area contributed by atoms with Crippen LogP contribution in [-0.4, -0.2) is 35.9 Å². The SMILES string of the molecule is CCCCNC(=O)[C@@H](Cc1ccccc1)N(Cc1ccccc1)C(=O)COc1ccc(Br)cc1. The Balaban J connectivity index is 1.85. The van der Waals surface area contributed by atoms with Gasteiger partial charge in [-0.2, -0.15) is 0 Å². The Kier molecular flexibility index (Phi) is 10.2. The highest BCUT2D eigenvalue weighted by Crippen LogP contribution is 2.18. The Morgan fingerprint density at radius 3 is 2.15 bits per heavy atom. The van der Waals surface area contributed by atoms with Crippen LogP contribution in [-0.2, 0) is 22.6 Å². The average Bonchev–Trinajstić information content (AvgIpc) is 2.87. The number of benzene rings is 3. The Morgan fingerprint density at radius 1 is 0.912 bits per heavy atom. The number of unbranched alkanes of at least 4 members (excludes halogenated alkanes) is 1. The zero-order chi connectivity index (χ0) is 24.2. The van der Waals surface area contributed by atoms with Crippen LogP contribution in [0.15, 0.2) is 89.4 Å². The summed E-state index contributed by atoms with van der Waals surface area (Å²) < 4.78 is 6.71. The van der Waals surface area contributed by atoms with Crippen molar-refractivity contribution in [2.45, 2.75) is 38.8 Å². The largest absolute Gasteiger partial charge is 0.484 e. The fourth-order valence-corrected chi connectivity index (χ4v) is 3.86. The summed E-state index contributed by atoms with van der Waals surface area (Å²) in [6, 6.07) is 26.2. The van der Waals surface area contributed by atoms with E-state index in [1.807, 2.05) is 72.8 Å². The van der Waals surface area contributed by atoms with E-state index in [1.165, 1.54) is 0 Å². The summed E-state index contributed by atoms with van der Waals surface area (Å²) in [7, 11) is 0. The number of hydrogen-bond acceptors (Lipinski definition) is 3. The molecule has 0 spiro atoms. The molecule has 178 valence electrons. The van der Waals surface area contributed by atoms with Crippen molar-refractivity contribution in [3.8, 4) is 5.75 Å². The van der Waals surface area contributed by atoms with Crippen LogP contribution >= 0.6 is 15.9 Å². The van der Waals surface area contributed by atoms with Gasteiger partial charge >= 0.3 is 0 Å². The van der Waals surface area contributed by atoms with Crippen LogP contribution in [0.4, 0.5) is 0 Å². The van der Waals surface area contributed by atoms with E-state index >= 15 is 0 Å². The molecule has 0 fully saturated rings. The van der Waals surface area contributed by atoms with Crippen molar-refractivity contribution < 1.29 is 14.3 Å². The molecule has 0 heterocycles. The summed E-state index contributed by atoms with van der Waals surface area (Å²) in [5.41, 5.74) is 1.96. The Bertz CT molecular complexity index is 1030. The maximum Gasteiger partial charge on any atom is 0.261 e. The number of carbonyl (C=O) groups excluding carboxylic acids is 2. The lowest BCUT2D eigenvalue weighted by Crippen LogP contribution is -2.51. The highest BCUT2D eigenvalue weighted by molar-refractivity contribution is 9.10. The first kappa shape index (κ1) is 25.5. The minimum absolute atomic E-state index is 0.148. The fourth-order valence-electron chi connectivity index (χ4n) is 3.60. The molecule has 0 unspecified atom stereocenters. The van der Waals surface area contributed by atoms with E-state index in [0.29, 0.717) is 25.3 Å². The van der Waals surface area contributed by atoms with Gasteiger partial charge in [-0.15, -0.1) is 0 Å². The van der Waals surface area contributed by atoms with Gasteiger partial charge in [0.15, 0.2) is 6.61 Å². The molecule has 0 aliphatic heterocycles. The van der Waals surface area contributed by atoms with Crippen LogP contribution in [0.1, 0.15) is 30.9 Å². The predicted molar refractivity (Wildman–Crippen MR) is 138 cm³/mol. The zero-order valence-electron chi connectivity index (χ0n) is 19.5. The molecule has 3 aromatic carbocycles. The molecule has 0 aliphatic rings. The number of ether oxygens (including phenoxy) is 1. The molecule has 0 bridgehead atoms. The summed E-state index contributed by atoms with van der Waals surface area (Å²) in [5, 5.41) is 3.03. The smallest absolute Gasteiger partial charge is 0.261 e. The molecule has 1 N–H and O–H groups in total. The third kappa shape index (κ3) is 8.03. The van der Waals surface area contributed by atoms with Crippen LogP contribution in [0.25, 0.3) is 0 Å². The van der Waals surface area contributed by atoms with Crippen molar-refractivity contribution in [1.29, 1.82) is 0 Å². The standard InChI is InChI=1S/C28H31BrN2O3/c1-2-3-18-30-28(33)26(19-22-10-6-4-7-11-22)31(20-23-12-8-5-9-13-23)27(32)21-34-25-16-14-24(29)15-17-25/h4-17,26H,2-3,18-21H2,1H3,(H,30,33)/t26-/m1/s1. The van der Waals surface area contributed by atoms with Gasteiger partial charge in [0.05, 0.1) is 0 Å². The first-order valence-corrected chi connectivity index (χ1v) is 12.4. The van der Waals surface area contributed by atoms with Gasteiger partial charge in [0, 0.05) is 24.0 Å². The molecule has 0 aliphatic carbocycles. The molecular formula is C28H31BrN2O3. The summed E-state index contributed by atoms with van der Waals surface area (Å²) >= 11 is 3.40. The first-order chi connectivity index (χ1) is 16.6. The van der Waals surface area contributed by atoms with Crippen LogP contribution in [0.5, 0.6) is 5.75 Å². The van der Waals surface area contributed by atoms with Crippen LogP contribution < -0.4 is 10.1 Å². The molecule has 5 nitrogen and oxygen atoms in total. The van der Waals surface area contributed by atoms with Crippen LogP contribution in [0, 0.1) is 0 Å². The lowest BCUT2D eigenvalue weighted by molar-refractivity contribution is -0.142. The quantitative estimate of drug-likeness (QED) is 0.324. The number of nitrogens with zero attached hydrogens (tertiary/aromatic N) is 1. The van der Waals surface area contributed by atoms with Gasteiger partial charge < -0.3 is 15.0 Å². The van der Waals surface area contributed by atoms with Gasteiger partial charge in [-0.25, -0.2) is 0 Å². The molecule has 1 atom stereocenters. The highest BCUT2D eigenvalue weighted by Gasteiger charge is 2.30. The second kappa shape index (κ2) is 13.6. The Labute approximate surface area is 210 Å². The van der Waals surface area contributed by atoms with Crippen molar-refractivity contribution in [2.75, 3.05) is 13.2 Å². The molecule has 2 amide bonds. The molecule has 0 saturated carbocycles. The minimum atomic E-state index is -0.652. The monoisotopic (exact) mass is 522 g/mol. The number of nitrogens with one attached hydrogen (secondary N) is 1. The number of hydrogen-bond donors (Lipinski definition) is 1. The first-order valence-electron chi connectivity index (χ1n) is 11.6. The molecule has 3 aromatic rings. The molecule has 6 heteroatoms. The van der Waals surface area contributed by atoms with E-state index in [4.69, 9.17) is 4.74 Å². The van der Waals surface area contributed by atoms with Gasteiger partial charge in [0.25, 0.3) is 5.91 Å². The highest BCUT2D eigenvalue weighted by atomic mass is 79.9. The molecular weight excluding hydrogens is 492 g/mol. The molecule has 0 aromatic heterocycles. The van der Waals surface area contributed by atoms with Crippen molar-refractivity contribution in [3.05, 3.63) is 101 Å². The summed E-state index contributed by atoms with van der Waals surface area (Å²) in [4.78, 5) is 28.4. The van der Waals surface area contributed by atoms with Crippen LogP contribution in [0.3, 0.4) is 0 Å². The van der Waals surface area contributed by atoms with Gasteiger partial charge in [-0.05, 0) is 41.8 Å². The normalized spacial score (nSPS) is 11.5. The summed E-state index contributed by atoms with van der Waals surface area (Å²) in [6.07, 6.45) is 2.30. The zero-order valence-corrected chi connectivity index (χ0v) is 21.0. The maximum absolute atomic E-state index is 13.5. The summed E-state index contributed by atoms with van der Waals surface area (Å²) in [6.45, 7) is 2.84. The van der Waals surface area contributed by atoms with Crippen molar-refractivity contribution in [2.24, 2.45) is 0 Å². The predicted octanol–water partition coefficient (Wildman–Crippen LogP) is 5.38. The lowest BCUT2D eigenvalue weighted by atomic mass is 10.0. The maximum atomic E-state index is 13.5. The fraction of sp³-hybridized carbons (Fsp3) is 0.286. The van der Waals surface area contributed by atoms with E-state index in [1.54, 1.807) is 17.0 Å². The number of halogens is 1. The topological polar surface area (TPSA) is 58.6 Å². The number of carbonyl (C=O) groups is 2. The number of amides is 2. The summed E-state index contributed by atoms with van der Waals surface area (Å²) in [5.74, 6) is 0.215. The molecule has 0 radical (unpaired) electrons. The van der Waals surface area contributed by atoms with E-state index < -0.39 is 6.04 Å². The molecule has 0 saturated heterocycles. The van der Waals surface area contributed by atoms with Gasteiger partial charge in [0.1, 0.15) is 11.8 Å². The molecule has 3 rings (SSSR count). The van der Waals surface area contributed by atoms with E-state index in [0.717, 1.165) is 28.4 Å². The van der Waals surface area contributed by atoms with Gasteiger partial charge in [0.2, 0.25) is 5.91 Å².